The van der Waals surface area contributed by atoms with Crippen molar-refractivity contribution in [2.24, 2.45) is 0 Å². The van der Waals surface area contributed by atoms with Crippen molar-refractivity contribution in [3.8, 4) is 10.7 Å². The van der Waals surface area contributed by atoms with Crippen LogP contribution in [0.5, 0.6) is 0 Å². The molecule has 3 aromatic heterocycles. The molecule has 0 radical (unpaired) electrons. The van der Waals surface area contributed by atoms with Crippen LogP contribution in [0, 0.1) is 4.77 Å². The van der Waals surface area contributed by atoms with Crippen LogP contribution in [0.3, 0.4) is 0 Å². The minimum Gasteiger partial charge on any atom is -0.296 e. The quantitative estimate of drug-likeness (QED) is 0.552. The fourth-order valence-corrected chi connectivity index (χ4v) is 5.65. The highest BCUT2D eigenvalue weighted by Crippen LogP contribution is 2.40. The maximum atomic E-state index is 5.82. The summed E-state index contributed by atoms with van der Waals surface area (Å²) in [6, 6.07) is 9.70. The molecule has 0 N–H and O–H groups in total. The van der Waals surface area contributed by atoms with Crippen molar-refractivity contribution in [3.05, 3.63) is 44.7 Å². The van der Waals surface area contributed by atoms with Crippen molar-refractivity contribution in [3.63, 3.8) is 0 Å². The molecule has 1 aliphatic carbocycles. The van der Waals surface area contributed by atoms with Gasteiger partial charge in [0, 0.05) is 23.5 Å². The second-order valence-corrected chi connectivity index (χ2v) is 9.10. The minimum atomic E-state index is 0.512. The number of nitrogens with zero attached hydrogens (tertiary/aromatic N) is 4. The lowest BCUT2D eigenvalue weighted by Crippen LogP contribution is -2.26. The third-order valence-corrected chi connectivity index (χ3v) is 7.32. The summed E-state index contributed by atoms with van der Waals surface area (Å²) in [5, 5.41) is 9.23. The Hall–Kier alpha value is -1.28. The highest BCUT2D eigenvalue weighted by molar-refractivity contribution is 7.71. The number of aromatic nitrogens is 3. The lowest BCUT2D eigenvalue weighted by atomic mass is 10.2. The predicted molar refractivity (Wildman–Crippen MR) is 106 cm³/mol. The molecule has 0 aromatic carbocycles. The van der Waals surface area contributed by atoms with E-state index in [-0.39, 0.29) is 0 Å². The van der Waals surface area contributed by atoms with Crippen LogP contribution >= 0.6 is 34.9 Å². The molecule has 1 atom stereocenters. The summed E-state index contributed by atoms with van der Waals surface area (Å²) in [5.41, 5.74) is 0. The molecule has 7 heteroatoms. The Balaban J connectivity index is 1.48. The zero-order valence-corrected chi connectivity index (χ0v) is 16.3. The fourth-order valence-electron chi connectivity index (χ4n) is 3.72. The molecule has 2 aliphatic rings. The molecule has 0 amide bonds. The largest absolute Gasteiger partial charge is 0.296 e. The first-order valence-electron chi connectivity index (χ1n) is 8.82. The second kappa shape index (κ2) is 6.46. The number of thiophene rings is 2. The molecule has 5 rings (SSSR count). The van der Waals surface area contributed by atoms with Crippen LogP contribution in [0.15, 0.2) is 35.0 Å². The smallest absolute Gasteiger partial charge is 0.199 e. The van der Waals surface area contributed by atoms with E-state index >= 15 is 0 Å². The lowest BCUT2D eigenvalue weighted by Gasteiger charge is -2.23. The van der Waals surface area contributed by atoms with Crippen molar-refractivity contribution in [1.29, 1.82) is 0 Å². The van der Waals surface area contributed by atoms with Crippen LogP contribution in [0.25, 0.3) is 10.7 Å². The Morgan fingerprint density at radius 1 is 1.12 bits per heavy atom. The standard InChI is InChI=1S/C18H20N4S3/c23-18-21(12-20-9-1-4-14(20)15-5-2-10-24-15)19-17(16-6-3-11-25-16)22(18)13-7-8-13/h2-3,5-6,10-11,13-14H,1,4,7-9,12H2/t14-/m0/s1. The van der Waals surface area contributed by atoms with Gasteiger partial charge in [-0.1, -0.05) is 12.1 Å². The molecule has 2 fully saturated rings. The van der Waals surface area contributed by atoms with E-state index in [2.05, 4.69) is 49.2 Å². The van der Waals surface area contributed by atoms with Crippen molar-refractivity contribution in [2.45, 2.75) is 44.4 Å². The van der Waals surface area contributed by atoms with Gasteiger partial charge in [-0.2, -0.15) is 0 Å². The molecule has 1 saturated heterocycles. The van der Waals surface area contributed by atoms with E-state index in [1.54, 1.807) is 11.3 Å². The lowest BCUT2D eigenvalue weighted by molar-refractivity contribution is 0.192. The topological polar surface area (TPSA) is 26.0 Å². The summed E-state index contributed by atoms with van der Waals surface area (Å²) in [7, 11) is 0. The van der Waals surface area contributed by atoms with Gasteiger partial charge in [0.05, 0.1) is 11.5 Å². The number of hydrogen-bond acceptors (Lipinski definition) is 5. The van der Waals surface area contributed by atoms with Gasteiger partial charge in [0.2, 0.25) is 0 Å². The Morgan fingerprint density at radius 3 is 2.68 bits per heavy atom. The molecule has 25 heavy (non-hydrogen) atoms. The van der Waals surface area contributed by atoms with E-state index in [1.165, 1.54) is 35.4 Å². The van der Waals surface area contributed by atoms with Crippen molar-refractivity contribution < 1.29 is 0 Å². The van der Waals surface area contributed by atoms with E-state index in [4.69, 9.17) is 17.3 Å². The van der Waals surface area contributed by atoms with Gasteiger partial charge >= 0.3 is 0 Å². The molecule has 3 aromatic rings. The molecular formula is C18H20N4S3. The van der Waals surface area contributed by atoms with E-state index < -0.39 is 0 Å². The summed E-state index contributed by atoms with van der Waals surface area (Å²) >= 11 is 9.42. The summed E-state index contributed by atoms with van der Waals surface area (Å²) < 4.78 is 5.22. The van der Waals surface area contributed by atoms with Gasteiger partial charge in [-0.15, -0.1) is 27.8 Å². The highest BCUT2D eigenvalue weighted by Gasteiger charge is 2.31. The first kappa shape index (κ1) is 15.9. The van der Waals surface area contributed by atoms with Gasteiger partial charge in [0.15, 0.2) is 10.6 Å². The second-order valence-electron chi connectivity index (χ2n) is 6.81. The molecule has 1 aliphatic heterocycles. The molecule has 0 bridgehead atoms. The van der Waals surface area contributed by atoms with Gasteiger partial charge in [0.25, 0.3) is 0 Å². The summed E-state index contributed by atoms with van der Waals surface area (Å²) in [5.74, 6) is 1.05. The summed E-state index contributed by atoms with van der Waals surface area (Å²) in [6.45, 7) is 1.91. The molecule has 4 nitrogen and oxygen atoms in total. The van der Waals surface area contributed by atoms with E-state index in [0.29, 0.717) is 12.1 Å². The third-order valence-electron chi connectivity index (χ3n) is 5.07. The van der Waals surface area contributed by atoms with Crippen molar-refractivity contribution >= 4 is 34.9 Å². The maximum absolute atomic E-state index is 5.82. The Bertz CT molecular complexity index is 903. The first-order chi connectivity index (χ1) is 12.3. The monoisotopic (exact) mass is 388 g/mol. The Labute approximate surface area is 160 Å². The molecule has 0 spiro atoms. The molecular weight excluding hydrogens is 368 g/mol. The third kappa shape index (κ3) is 2.93. The van der Waals surface area contributed by atoms with E-state index in [0.717, 1.165) is 23.8 Å². The number of hydrogen-bond donors (Lipinski definition) is 0. The zero-order chi connectivity index (χ0) is 16.8. The van der Waals surface area contributed by atoms with Crippen LogP contribution < -0.4 is 0 Å². The van der Waals surface area contributed by atoms with Crippen LogP contribution in [0.4, 0.5) is 0 Å². The molecule has 130 valence electrons. The minimum absolute atomic E-state index is 0.512. The SMILES string of the molecule is S=c1n(CN2CCC[C@H]2c2cccs2)nc(-c2cccs2)n1C1CC1. The van der Waals surface area contributed by atoms with Gasteiger partial charge < -0.3 is 0 Å². The van der Waals surface area contributed by atoms with Crippen molar-refractivity contribution in [2.75, 3.05) is 6.54 Å². The van der Waals surface area contributed by atoms with E-state index in [1.807, 2.05) is 11.3 Å². The van der Waals surface area contributed by atoms with Gasteiger partial charge in [-0.05, 0) is 60.8 Å². The van der Waals surface area contributed by atoms with Crippen LogP contribution in [0.1, 0.15) is 42.6 Å². The Morgan fingerprint density at radius 2 is 1.96 bits per heavy atom. The zero-order valence-electron chi connectivity index (χ0n) is 13.9. The highest BCUT2D eigenvalue weighted by atomic mass is 32.1. The molecule has 1 saturated carbocycles. The van der Waals surface area contributed by atoms with Gasteiger partial charge in [-0.3, -0.25) is 9.47 Å². The van der Waals surface area contributed by atoms with Gasteiger partial charge in [-0.25, -0.2) is 4.68 Å². The van der Waals surface area contributed by atoms with Crippen LogP contribution in [0.2, 0.25) is 0 Å². The summed E-state index contributed by atoms with van der Waals surface area (Å²) in [4.78, 5) is 5.21. The average molecular weight is 389 g/mol. The molecule has 4 heterocycles. The van der Waals surface area contributed by atoms with Crippen molar-refractivity contribution in [1.82, 2.24) is 19.2 Å². The van der Waals surface area contributed by atoms with Crippen LogP contribution in [-0.4, -0.2) is 25.8 Å². The normalized spacial score (nSPS) is 21.2. The predicted octanol–water partition coefficient (Wildman–Crippen LogP) is 5.33. The fraction of sp³-hybridized carbons (Fsp3) is 0.444. The summed E-state index contributed by atoms with van der Waals surface area (Å²) in [6.07, 6.45) is 4.92. The van der Waals surface area contributed by atoms with E-state index in [9.17, 15) is 0 Å². The van der Waals surface area contributed by atoms with Crippen LogP contribution in [-0.2, 0) is 6.67 Å². The number of likely N-dealkylation sites (tertiary alicyclic amines) is 1. The first-order valence-corrected chi connectivity index (χ1v) is 11.0. The number of rotatable bonds is 5. The maximum Gasteiger partial charge on any atom is 0.199 e. The van der Waals surface area contributed by atoms with Gasteiger partial charge in [0.1, 0.15) is 0 Å². The Kier molecular flexibility index (Phi) is 4.12. The average Bonchev–Trinajstić information content (AvgIpc) is 3.11. The molecule has 0 unspecified atom stereocenters.